The Bertz CT molecular complexity index is 846. The summed E-state index contributed by atoms with van der Waals surface area (Å²) >= 11 is 12.0. The number of amides is 2. The monoisotopic (exact) mass is 450 g/mol. The van der Waals surface area contributed by atoms with Crippen LogP contribution in [0.4, 0.5) is 0 Å². The number of halogens is 2. The molecular formula is C23H28Cl2N2O3. The van der Waals surface area contributed by atoms with E-state index in [0.29, 0.717) is 28.8 Å². The second-order valence-electron chi connectivity index (χ2n) is 7.11. The van der Waals surface area contributed by atoms with Gasteiger partial charge in [0, 0.05) is 17.6 Å². The van der Waals surface area contributed by atoms with Crippen LogP contribution in [0.15, 0.2) is 48.5 Å². The van der Waals surface area contributed by atoms with Crippen LogP contribution >= 0.6 is 23.2 Å². The van der Waals surface area contributed by atoms with Crippen molar-refractivity contribution in [2.45, 2.75) is 52.2 Å². The average Bonchev–Trinajstić information content (AvgIpc) is 2.73. The van der Waals surface area contributed by atoms with E-state index < -0.39 is 6.04 Å². The van der Waals surface area contributed by atoms with Crippen molar-refractivity contribution in [1.82, 2.24) is 10.2 Å². The molecule has 0 aliphatic rings. The number of nitrogens with zero attached hydrogens (tertiary/aromatic N) is 1. The van der Waals surface area contributed by atoms with Gasteiger partial charge in [0.15, 0.2) is 6.61 Å². The third-order valence-electron chi connectivity index (χ3n) is 4.83. The van der Waals surface area contributed by atoms with E-state index in [0.717, 1.165) is 12.0 Å². The van der Waals surface area contributed by atoms with Gasteiger partial charge < -0.3 is 15.0 Å². The highest BCUT2D eigenvalue weighted by molar-refractivity contribution is 6.35. The van der Waals surface area contributed by atoms with Gasteiger partial charge in [0.1, 0.15) is 11.8 Å². The number of ether oxygens (including phenoxy) is 1. The molecule has 0 saturated carbocycles. The first-order valence-electron chi connectivity index (χ1n) is 10.1. The Kier molecular flexibility index (Phi) is 9.47. The van der Waals surface area contributed by atoms with E-state index in [1.165, 1.54) is 0 Å². The second-order valence-corrected chi connectivity index (χ2v) is 7.96. The summed E-state index contributed by atoms with van der Waals surface area (Å²) in [6.07, 6.45) is 1.30. The minimum Gasteiger partial charge on any atom is -0.482 e. The van der Waals surface area contributed by atoms with Crippen molar-refractivity contribution < 1.29 is 14.3 Å². The molecule has 7 heteroatoms. The Balaban J connectivity index is 2.20. The average molecular weight is 451 g/mol. The number of carbonyl (C=O) groups excluding carboxylic acids is 2. The lowest BCUT2D eigenvalue weighted by Gasteiger charge is -2.31. The van der Waals surface area contributed by atoms with Crippen LogP contribution in [0.1, 0.15) is 39.2 Å². The highest BCUT2D eigenvalue weighted by Gasteiger charge is 2.29. The summed E-state index contributed by atoms with van der Waals surface area (Å²) in [5.74, 6) is -0.0946. The highest BCUT2D eigenvalue weighted by Crippen LogP contribution is 2.27. The van der Waals surface area contributed by atoms with E-state index in [-0.39, 0.29) is 24.5 Å². The number of hydrogen-bond acceptors (Lipinski definition) is 3. The van der Waals surface area contributed by atoms with Gasteiger partial charge in [0.05, 0.1) is 5.02 Å². The van der Waals surface area contributed by atoms with Crippen LogP contribution in [0.25, 0.3) is 0 Å². The van der Waals surface area contributed by atoms with E-state index in [2.05, 4.69) is 5.32 Å². The standard InChI is InChI=1S/C23H28Cl2N2O3/c1-4-16(3)26-23(29)20(5-2)27(14-17-9-7-6-8-10-17)22(28)15-30-21-12-11-18(24)13-19(21)25/h6-13,16,20H,4-5,14-15H2,1-3H3,(H,26,29). The molecule has 0 fully saturated rings. The predicted octanol–water partition coefficient (Wildman–Crippen LogP) is 5.09. The Morgan fingerprint density at radius 3 is 2.37 bits per heavy atom. The third-order valence-corrected chi connectivity index (χ3v) is 5.36. The maximum absolute atomic E-state index is 13.1. The summed E-state index contributed by atoms with van der Waals surface area (Å²) in [5, 5.41) is 3.79. The molecule has 0 radical (unpaired) electrons. The smallest absolute Gasteiger partial charge is 0.261 e. The first-order chi connectivity index (χ1) is 14.3. The molecule has 0 spiro atoms. The second kappa shape index (κ2) is 11.8. The molecule has 0 aromatic heterocycles. The molecule has 2 atom stereocenters. The van der Waals surface area contributed by atoms with Crippen molar-refractivity contribution >= 4 is 35.0 Å². The summed E-state index contributed by atoms with van der Waals surface area (Å²) in [6, 6.07) is 13.8. The van der Waals surface area contributed by atoms with Crippen molar-refractivity contribution in [3.8, 4) is 5.75 Å². The minimum absolute atomic E-state index is 0.0318. The summed E-state index contributed by atoms with van der Waals surface area (Å²) in [6.45, 7) is 5.91. The van der Waals surface area contributed by atoms with Gasteiger partial charge in [-0.05, 0) is 43.5 Å². The quantitative estimate of drug-likeness (QED) is 0.547. The van der Waals surface area contributed by atoms with Crippen molar-refractivity contribution in [1.29, 1.82) is 0 Å². The van der Waals surface area contributed by atoms with E-state index in [9.17, 15) is 9.59 Å². The van der Waals surface area contributed by atoms with Gasteiger partial charge in [-0.15, -0.1) is 0 Å². The van der Waals surface area contributed by atoms with Gasteiger partial charge in [-0.2, -0.15) is 0 Å². The zero-order chi connectivity index (χ0) is 22.1. The maximum Gasteiger partial charge on any atom is 0.261 e. The SMILES string of the molecule is CCC(C)NC(=O)C(CC)N(Cc1ccccc1)C(=O)COc1ccc(Cl)cc1Cl. The lowest BCUT2D eigenvalue weighted by Crippen LogP contribution is -2.51. The zero-order valence-electron chi connectivity index (χ0n) is 17.5. The molecule has 162 valence electrons. The summed E-state index contributed by atoms with van der Waals surface area (Å²) in [4.78, 5) is 27.5. The van der Waals surface area contributed by atoms with Crippen LogP contribution < -0.4 is 10.1 Å². The Morgan fingerprint density at radius 2 is 1.77 bits per heavy atom. The van der Waals surface area contributed by atoms with Gasteiger partial charge in [0.25, 0.3) is 5.91 Å². The van der Waals surface area contributed by atoms with Crippen LogP contribution in [0, 0.1) is 0 Å². The van der Waals surface area contributed by atoms with E-state index in [1.54, 1.807) is 23.1 Å². The minimum atomic E-state index is -0.601. The van der Waals surface area contributed by atoms with Crippen LogP contribution in [-0.4, -0.2) is 35.4 Å². The summed E-state index contributed by atoms with van der Waals surface area (Å²) < 4.78 is 5.64. The summed E-state index contributed by atoms with van der Waals surface area (Å²) in [5.41, 5.74) is 0.935. The normalized spacial score (nSPS) is 12.7. The zero-order valence-corrected chi connectivity index (χ0v) is 19.0. The van der Waals surface area contributed by atoms with E-state index >= 15 is 0 Å². The fourth-order valence-electron chi connectivity index (χ4n) is 2.96. The Morgan fingerprint density at radius 1 is 1.07 bits per heavy atom. The largest absolute Gasteiger partial charge is 0.482 e. The van der Waals surface area contributed by atoms with Crippen LogP contribution in [0.3, 0.4) is 0 Å². The molecule has 0 saturated heterocycles. The van der Waals surface area contributed by atoms with Crippen LogP contribution in [0.5, 0.6) is 5.75 Å². The molecular weight excluding hydrogens is 423 g/mol. The molecule has 0 heterocycles. The third kappa shape index (κ3) is 6.92. The Labute approximate surface area is 188 Å². The van der Waals surface area contributed by atoms with E-state index in [1.807, 2.05) is 51.1 Å². The van der Waals surface area contributed by atoms with E-state index in [4.69, 9.17) is 27.9 Å². The Hall–Kier alpha value is -2.24. The first-order valence-corrected chi connectivity index (χ1v) is 10.8. The highest BCUT2D eigenvalue weighted by atomic mass is 35.5. The summed E-state index contributed by atoms with van der Waals surface area (Å²) in [7, 11) is 0. The molecule has 2 aromatic rings. The van der Waals surface area contributed by atoms with Gasteiger partial charge in [-0.3, -0.25) is 9.59 Å². The maximum atomic E-state index is 13.1. The van der Waals surface area contributed by atoms with Crippen LogP contribution in [-0.2, 0) is 16.1 Å². The van der Waals surface area contributed by atoms with Crippen molar-refractivity contribution in [2.24, 2.45) is 0 Å². The molecule has 2 aromatic carbocycles. The van der Waals surface area contributed by atoms with Crippen LogP contribution in [0.2, 0.25) is 10.0 Å². The fraction of sp³-hybridized carbons (Fsp3) is 0.391. The van der Waals surface area contributed by atoms with Crippen molar-refractivity contribution in [3.05, 3.63) is 64.1 Å². The predicted molar refractivity (Wildman–Crippen MR) is 121 cm³/mol. The fourth-order valence-corrected chi connectivity index (χ4v) is 3.42. The number of hydrogen-bond donors (Lipinski definition) is 1. The van der Waals surface area contributed by atoms with Gasteiger partial charge in [0.2, 0.25) is 5.91 Å². The number of carbonyl (C=O) groups is 2. The molecule has 0 aliphatic heterocycles. The lowest BCUT2D eigenvalue weighted by atomic mass is 10.1. The number of benzene rings is 2. The molecule has 0 aliphatic carbocycles. The molecule has 2 amide bonds. The van der Waals surface area contributed by atoms with Gasteiger partial charge in [-0.25, -0.2) is 0 Å². The number of nitrogens with one attached hydrogen (secondary N) is 1. The van der Waals surface area contributed by atoms with Crippen molar-refractivity contribution in [2.75, 3.05) is 6.61 Å². The molecule has 2 rings (SSSR count). The molecule has 0 bridgehead atoms. The van der Waals surface area contributed by atoms with Crippen molar-refractivity contribution in [3.63, 3.8) is 0 Å². The molecule has 2 unspecified atom stereocenters. The topological polar surface area (TPSA) is 58.6 Å². The molecule has 5 nitrogen and oxygen atoms in total. The van der Waals surface area contributed by atoms with Gasteiger partial charge in [-0.1, -0.05) is 67.4 Å². The van der Waals surface area contributed by atoms with Gasteiger partial charge >= 0.3 is 0 Å². The molecule has 30 heavy (non-hydrogen) atoms. The molecule has 1 N–H and O–H groups in total. The number of rotatable bonds is 10. The lowest BCUT2D eigenvalue weighted by molar-refractivity contribution is -0.143. The first kappa shape index (κ1) is 24.0.